The Balaban J connectivity index is 1.10. The average Bonchev–Trinajstić information content (AvgIpc) is 3.51. The molecule has 3 fully saturated rings. The summed E-state index contributed by atoms with van der Waals surface area (Å²) in [7, 11) is 1.91. The third kappa shape index (κ3) is 4.26. The first-order valence-electron chi connectivity index (χ1n) is 12.4. The van der Waals surface area contributed by atoms with Crippen molar-refractivity contribution in [3.63, 3.8) is 0 Å². The van der Waals surface area contributed by atoms with Crippen LogP contribution in [0.3, 0.4) is 0 Å². The summed E-state index contributed by atoms with van der Waals surface area (Å²) < 4.78 is 7.47. The van der Waals surface area contributed by atoms with E-state index in [9.17, 15) is 5.26 Å². The lowest BCUT2D eigenvalue weighted by molar-refractivity contribution is 0.0407. The van der Waals surface area contributed by atoms with Gasteiger partial charge in [0.15, 0.2) is 5.82 Å². The molecule has 3 aliphatic rings. The molecule has 4 atom stereocenters. The third-order valence-electron chi connectivity index (χ3n) is 7.77. The molecule has 0 spiro atoms. The van der Waals surface area contributed by atoms with Crippen LogP contribution in [0.2, 0.25) is 0 Å². The average molecular weight is 458 g/mol. The van der Waals surface area contributed by atoms with Crippen LogP contribution in [0.5, 0.6) is 0 Å². The van der Waals surface area contributed by atoms with E-state index in [-0.39, 0.29) is 0 Å². The molecule has 8 heteroatoms. The fourth-order valence-electron chi connectivity index (χ4n) is 6.21. The standard InChI is InChI=1S/C26H31N7O/c1-32-13-22-7-18(4-5-24(22)31-32)25-10-19(11-27)26(30-29-25)28-23-8-20-14-33(15-21(20)9-23)12-17-3-2-6-34-16-17/h4-5,7,10,13,17,20-21,23H,2-3,6,8-9,12,14-16H2,1H3,(H,28,30)/t17?,20-,21+,23?. The molecular weight excluding hydrogens is 426 g/mol. The summed E-state index contributed by atoms with van der Waals surface area (Å²) in [5.74, 6) is 2.76. The number of rotatable bonds is 5. The number of anilines is 1. The van der Waals surface area contributed by atoms with Gasteiger partial charge >= 0.3 is 0 Å². The second kappa shape index (κ2) is 8.97. The number of fused-ring (bicyclic) bond motifs is 2. The van der Waals surface area contributed by atoms with Crippen LogP contribution in [0.1, 0.15) is 31.2 Å². The predicted molar refractivity (Wildman–Crippen MR) is 130 cm³/mol. The molecule has 2 unspecified atom stereocenters. The van der Waals surface area contributed by atoms with Crippen molar-refractivity contribution in [2.75, 3.05) is 38.2 Å². The van der Waals surface area contributed by atoms with Gasteiger partial charge in [-0.1, -0.05) is 6.07 Å². The van der Waals surface area contributed by atoms with Crippen molar-refractivity contribution >= 4 is 16.7 Å². The maximum atomic E-state index is 9.80. The molecule has 176 valence electrons. The van der Waals surface area contributed by atoms with Crippen LogP contribution < -0.4 is 5.32 Å². The number of aryl methyl sites for hydroxylation is 1. The normalized spacial score (nSPS) is 27.1. The van der Waals surface area contributed by atoms with Crippen LogP contribution in [0, 0.1) is 29.1 Å². The fraction of sp³-hybridized carbons (Fsp3) is 0.538. The van der Waals surface area contributed by atoms with E-state index in [4.69, 9.17) is 4.74 Å². The van der Waals surface area contributed by atoms with E-state index in [0.29, 0.717) is 29.0 Å². The second-order valence-corrected chi connectivity index (χ2v) is 10.3. The highest BCUT2D eigenvalue weighted by Crippen LogP contribution is 2.40. The van der Waals surface area contributed by atoms with E-state index in [0.717, 1.165) is 54.4 Å². The zero-order valence-electron chi connectivity index (χ0n) is 19.7. The Bertz CT molecular complexity index is 1210. The predicted octanol–water partition coefficient (Wildman–Crippen LogP) is 3.45. The van der Waals surface area contributed by atoms with E-state index in [1.165, 1.54) is 32.5 Å². The lowest BCUT2D eigenvalue weighted by Gasteiger charge is -2.27. The number of hydrogen-bond acceptors (Lipinski definition) is 7. The smallest absolute Gasteiger partial charge is 0.166 e. The van der Waals surface area contributed by atoms with Gasteiger partial charge in [0.2, 0.25) is 0 Å². The minimum atomic E-state index is 0.356. The summed E-state index contributed by atoms with van der Waals surface area (Å²) in [6.07, 6.45) is 6.76. The molecule has 1 saturated carbocycles. The molecule has 2 saturated heterocycles. The topological polar surface area (TPSA) is 91.9 Å². The van der Waals surface area contributed by atoms with Gasteiger partial charge in [-0.25, -0.2) is 0 Å². The van der Waals surface area contributed by atoms with Crippen LogP contribution >= 0.6 is 0 Å². The number of hydrogen-bond donors (Lipinski definition) is 1. The van der Waals surface area contributed by atoms with Gasteiger partial charge in [0.25, 0.3) is 0 Å². The summed E-state index contributed by atoms with van der Waals surface area (Å²) >= 11 is 0. The van der Waals surface area contributed by atoms with Gasteiger partial charge in [-0.3, -0.25) is 4.68 Å². The van der Waals surface area contributed by atoms with Crippen LogP contribution in [0.25, 0.3) is 22.2 Å². The number of nitriles is 1. The van der Waals surface area contributed by atoms with E-state index in [1.54, 1.807) is 4.68 Å². The number of likely N-dealkylation sites (tertiary alicyclic amines) is 1. The van der Waals surface area contributed by atoms with Crippen molar-refractivity contribution in [1.29, 1.82) is 5.26 Å². The van der Waals surface area contributed by atoms with Crippen molar-refractivity contribution in [2.45, 2.75) is 31.7 Å². The minimum absolute atomic E-state index is 0.356. The molecule has 8 nitrogen and oxygen atoms in total. The molecule has 0 radical (unpaired) electrons. The Hall–Kier alpha value is -3.02. The van der Waals surface area contributed by atoms with Crippen molar-refractivity contribution in [3.05, 3.63) is 36.0 Å². The monoisotopic (exact) mass is 457 g/mol. The molecule has 2 aromatic heterocycles. The zero-order valence-corrected chi connectivity index (χ0v) is 19.7. The Kier molecular flexibility index (Phi) is 5.67. The molecular formula is C26H31N7O. The summed E-state index contributed by atoms with van der Waals surface area (Å²) in [4.78, 5) is 2.65. The summed E-state index contributed by atoms with van der Waals surface area (Å²) in [6.45, 7) is 5.42. The molecule has 4 heterocycles. The van der Waals surface area contributed by atoms with Gasteiger partial charge in [-0.2, -0.15) is 10.4 Å². The van der Waals surface area contributed by atoms with E-state index in [2.05, 4.69) is 31.6 Å². The van der Waals surface area contributed by atoms with Gasteiger partial charge in [0.1, 0.15) is 6.07 Å². The number of ether oxygens (including phenoxy) is 1. The van der Waals surface area contributed by atoms with Crippen molar-refractivity contribution in [3.8, 4) is 17.3 Å². The first-order chi connectivity index (χ1) is 16.6. The highest BCUT2D eigenvalue weighted by atomic mass is 16.5. The maximum Gasteiger partial charge on any atom is 0.166 e. The second-order valence-electron chi connectivity index (χ2n) is 10.3. The van der Waals surface area contributed by atoms with Gasteiger partial charge < -0.3 is 15.0 Å². The van der Waals surface area contributed by atoms with E-state index in [1.807, 2.05) is 37.5 Å². The van der Waals surface area contributed by atoms with Crippen molar-refractivity contribution in [1.82, 2.24) is 24.9 Å². The molecule has 3 aromatic rings. The summed E-state index contributed by atoms with van der Waals surface area (Å²) in [5, 5.41) is 27.7. The van der Waals surface area contributed by atoms with Crippen LogP contribution in [0.4, 0.5) is 5.82 Å². The van der Waals surface area contributed by atoms with Crippen LogP contribution in [0.15, 0.2) is 30.5 Å². The number of nitrogens with zero attached hydrogens (tertiary/aromatic N) is 6. The SMILES string of the molecule is Cn1cc2cc(-c3cc(C#N)c(NC4C[C@@H]5CN(CC6CCCOC6)C[C@@H]5C4)nn3)ccc2n1. The van der Waals surface area contributed by atoms with E-state index < -0.39 is 0 Å². The highest BCUT2D eigenvalue weighted by molar-refractivity contribution is 5.83. The number of nitrogens with one attached hydrogen (secondary N) is 1. The number of benzene rings is 1. The molecule has 1 N–H and O–H groups in total. The Morgan fingerprint density at radius 3 is 2.79 bits per heavy atom. The molecule has 34 heavy (non-hydrogen) atoms. The Labute approximate surface area is 199 Å². The minimum Gasteiger partial charge on any atom is -0.381 e. The zero-order chi connectivity index (χ0) is 23.1. The quantitative estimate of drug-likeness (QED) is 0.627. The summed E-state index contributed by atoms with van der Waals surface area (Å²) in [5.41, 5.74) is 3.14. The largest absolute Gasteiger partial charge is 0.381 e. The van der Waals surface area contributed by atoms with Gasteiger partial charge in [0, 0.05) is 56.5 Å². The third-order valence-corrected chi connectivity index (χ3v) is 7.77. The summed E-state index contributed by atoms with van der Waals surface area (Å²) in [6, 6.07) is 10.5. The van der Waals surface area contributed by atoms with Gasteiger partial charge in [-0.15, -0.1) is 10.2 Å². The first-order valence-corrected chi connectivity index (χ1v) is 12.4. The Morgan fingerprint density at radius 1 is 1.18 bits per heavy atom. The van der Waals surface area contributed by atoms with E-state index >= 15 is 0 Å². The van der Waals surface area contributed by atoms with Gasteiger partial charge in [-0.05, 0) is 61.6 Å². The maximum absolute atomic E-state index is 9.80. The van der Waals surface area contributed by atoms with Crippen LogP contribution in [-0.2, 0) is 11.8 Å². The molecule has 2 aliphatic heterocycles. The fourth-order valence-corrected chi connectivity index (χ4v) is 6.21. The molecule has 6 rings (SSSR count). The number of aromatic nitrogens is 4. The molecule has 0 amide bonds. The first kappa shape index (κ1) is 21.5. The molecule has 1 aromatic carbocycles. The van der Waals surface area contributed by atoms with Crippen LogP contribution in [-0.4, -0.2) is 63.8 Å². The van der Waals surface area contributed by atoms with Gasteiger partial charge in [0.05, 0.1) is 23.4 Å². The highest BCUT2D eigenvalue weighted by Gasteiger charge is 2.41. The Morgan fingerprint density at radius 2 is 2.03 bits per heavy atom. The molecule has 0 bridgehead atoms. The van der Waals surface area contributed by atoms with Crippen molar-refractivity contribution < 1.29 is 4.74 Å². The lowest BCUT2D eigenvalue weighted by Crippen LogP contribution is -2.33. The molecule has 1 aliphatic carbocycles. The van der Waals surface area contributed by atoms with Crippen molar-refractivity contribution in [2.24, 2.45) is 24.8 Å². The lowest BCUT2D eigenvalue weighted by atomic mass is 10.0.